The SMILES string of the molecule is CCOP(OCC)C(F)(F)c1sc2ccc(C(=O)Nc3ccccc3)cc2c1Br. The Labute approximate surface area is 181 Å². The van der Waals surface area contributed by atoms with Crippen molar-refractivity contribution in [3.05, 3.63) is 63.4 Å². The molecule has 0 aliphatic rings. The van der Waals surface area contributed by atoms with Crippen LogP contribution >= 0.6 is 35.6 Å². The highest BCUT2D eigenvalue weighted by Crippen LogP contribution is 2.63. The third kappa shape index (κ3) is 4.84. The molecule has 3 aromatic rings. The summed E-state index contributed by atoms with van der Waals surface area (Å²) in [6, 6.07) is 13.9. The Morgan fingerprint density at radius 3 is 2.41 bits per heavy atom. The van der Waals surface area contributed by atoms with Gasteiger partial charge in [0.15, 0.2) is 0 Å². The lowest BCUT2D eigenvalue weighted by atomic mass is 10.1. The van der Waals surface area contributed by atoms with Gasteiger partial charge in [-0.15, -0.1) is 11.3 Å². The summed E-state index contributed by atoms with van der Waals surface area (Å²) in [5.41, 5.74) is -2.24. The summed E-state index contributed by atoms with van der Waals surface area (Å²) in [6.07, 6.45) is 0. The minimum absolute atomic E-state index is 0.133. The average molecular weight is 502 g/mol. The number of anilines is 1. The highest BCUT2D eigenvalue weighted by Gasteiger charge is 2.48. The van der Waals surface area contributed by atoms with Crippen molar-refractivity contribution in [2.24, 2.45) is 0 Å². The third-order valence-corrected chi connectivity index (χ3v) is 8.06. The molecule has 0 spiro atoms. The van der Waals surface area contributed by atoms with Crippen molar-refractivity contribution in [1.82, 2.24) is 0 Å². The first-order chi connectivity index (χ1) is 13.9. The molecule has 0 saturated heterocycles. The number of thiophene rings is 1. The number of hydrogen-bond acceptors (Lipinski definition) is 4. The van der Waals surface area contributed by atoms with Crippen LogP contribution in [0.3, 0.4) is 0 Å². The minimum Gasteiger partial charge on any atom is -0.330 e. The van der Waals surface area contributed by atoms with Crippen LogP contribution < -0.4 is 5.32 Å². The Hall–Kier alpha value is -1.44. The van der Waals surface area contributed by atoms with Crippen molar-refractivity contribution in [3.8, 4) is 0 Å². The van der Waals surface area contributed by atoms with E-state index in [-0.39, 0.29) is 28.5 Å². The Balaban J connectivity index is 1.94. The molecule has 1 amide bonds. The lowest BCUT2D eigenvalue weighted by Crippen LogP contribution is -2.13. The largest absolute Gasteiger partial charge is 0.349 e. The van der Waals surface area contributed by atoms with Gasteiger partial charge in [0, 0.05) is 25.8 Å². The first-order valence-electron chi connectivity index (χ1n) is 8.91. The van der Waals surface area contributed by atoms with Crippen LogP contribution in [0.5, 0.6) is 0 Å². The molecule has 0 unspecified atom stereocenters. The van der Waals surface area contributed by atoms with Crippen molar-refractivity contribution in [2.45, 2.75) is 19.5 Å². The third-order valence-electron chi connectivity index (χ3n) is 3.92. The van der Waals surface area contributed by atoms with Crippen LogP contribution in [0, 0.1) is 0 Å². The van der Waals surface area contributed by atoms with E-state index >= 15 is 8.78 Å². The van der Waals surface area contributed by atoms with E-state index < -0.39 is 14.0 Å². The predicted molar refractivity (Wildman–Crippen MR) is 118 cm³/mol. The summed E-state index contributed by atoms with van der Waals surface area (Å²) < 4.78 is 41.5. The van der Waals surface area contributed by atoms with Crippen molar-refractivity contribution >= 4 is 57.3 Å². The van der Waals surface area contributed by atoms with Crippen molar-refractivity contribution in [3.63, 3.8) is 0 Å². The molecule has 1 heterocycles. The van der Waals surface area contributed by atoms with Gasteiger partial charge in [0.05, 0.1) is 18.1 Å². The number of alkyl halides is 2. The quantitative estimate of drug-likeness (QED) is 0.328. The monoisotopic (exact) mass is 501 g/mol. The second-order valence-electron chi connectivity index (χ2n) is 5.91. The van der Waals surface area contributed by atoms with Gasteiger partial charge in [-0.25, -0.2) is 0 Å². The maximum absolute atomic E-state index is 15.1. The molecule has 0 bridgehead atoms. The second-order valence-corrected chi connectivity index (χ2v) is 9.35. The van der Waals surface area contributed by atoms with Gasteiger partial charge in [-0.3, -0.25) is 4.79 Å². The Bertz CT molecular complexity index is 994. The summed E-state index contributed by atoms with van der Waals surface area (Å²) >= 11 is 4.27. The number of para-hydroxylation sites is 1. The highest BCUT2D eigenvalue weighted by atomic mass is 79.9. The molecule has 4 nitrogen and oxygen atoms in total. The smallest absolute Gasteiger partial charge is 0.330 e. The number of fused-ring (bicyclic) bond motifs is 1. The number of carbonyl (C=O) groups excluding carboxylic acids is 1. The van der Waals surface area contributed by atoms with Crippen molar-refractivity contribution in [2.75, 3.05) is 18.5 Å². The van der Waals surface area contributed by atoms with Crippen LogP contribution in [0.4, 0.5) is 14.5 Å². The molecule has 0 aliphatic carbocycles. The van der Waals surface area contributed by atoms with E-state index in [1.807, 2.05) is 18.2 Å². The number of rotatable bonds is 8. The predicted octanol–water partition coefficient (Wildman–Crippen LogP) is 7.35. The minimum atomic E-state index is -3.28. The van der Waals surface area contributed by atoms with Gasteiger partial charge in [0.1, 0.15) is 0 Å². The van der Waals surface area contributed by atoms with Gasteiger partial charge in [-0.05, 0) is 60.1 Å². The molecule has 0 aliphatic heterocycles. The fourth-order valence-corrected chi connectivity index (χ4v) is 6.20. The summed E-state index contributed by atoms with van der Waals surface area (Å²) in [5, 5.41) is 3.34. The zero-order valence-electron chi connectivity index (χ0n) is 15.7. The highest BCUT2D eigenvalue weighted by molar-refractivity contribution is 9.10. The van der Waals surface area contributed by atoms with E-state index in [2.05, 4.69) is 21.2 Å². The van der Waals surface area contributed by atoms with E-state index in [0.29, 0.717) is 21.3 Å². The molecule has 1 N–H and O–H groups in total. The molecule has 2 aromatic carbocycles. The van der Waals surface area contributed by atoms with Crippen molar-refractivity contribution in [1.29, 1.82) is 0 Å². The number of benzene rings is 2. The molecule has 29 heavy (non-hydrogen) atoms. The lowest BCUT2D eigenvalue weighted by molar-refractivity contribution is 0.0600. The topological polar surface area (TPSA) is 47.6 Å². The summed E-state index contributed by atoms with van der Waals surface area (Å²) in [4.78, 5) is 12.4. The van der Waals surface area contributed by atoms with Gasteiger partial charge in [-0.2, -0.15) is 8.78 Å². The zero-order valence-corrected chi connectivity index (χ0v) is 19.0. The molecule has 1 aromatic heterocycles. The molecule has 0 radical (unpaired) electrons. The normalized spacial score (nSPS) is 11.9. The van der Waals surface area contributed by atoms with Crippen LogP contribution in [0.15, 0.2) is 53.0 Å². The molecular weight excluding hydrogens is 483 g/mol. The first kappa shape index (κ1) is 22.2. The Kier molecular flexibility index (Phi) is 7.35. The second kappa shape index (κ2) is 9.58. The van der Waals surface area contributed by atoms with E-state index in [1.54, 1.807) is 44.2 Å². The van der Waals surface area contributed by atoms with Crippen LogP contribution in [-0.2, 0) is 14.7 Å². The molecule has 9 heteroatoms. The Morgan fingerprint density at radius 2 is 1.79 bits per heavy atom. The molecular formula is C20H19BrF2NO3PS. The van der Waals surface area contributed by atoms with Gasteiger partial charge in [0.2, 0.25) is 0 Å². The van der Waals surface area contributed by atoms with Gasteiger partial charge in [-0.1, -0.05) is 18.2 Å². The first-order valence-corrected chi connectivity index (χ1v) is 11.7. The van der Waals surface area contributed by atoms with Crippen LogP contribution in [0.25, 0.3) is 10.1 Å². The van der Waals surface area contributed by atoms with Crippen LogP contribution in [-0.4, -0.2) is 19.1 Å². The van der Waals surface area contributed by atoms with Gasteiger partial charge in [0.25, 0.3) is 14.3 Å². The van der Waals surface area contributed by atoms with E-state index in [4.69, 9.17) is 9.05 Å². The molecule has 154 valence electrons. The number of hydrogen-bond donors (Lipinski definition) is 1. The average Bonchev–Trinajstić information content (AvgIpc) is 3.05. The number of halogens is 3. The maximum Gasteiger partial charge on any atom is 0.349 e. The molecule has 0 atom stereocenters. The van der Waals surface area contributed by atoms with Crippen molar-refractivity contribution < 1.29 is 22.6 Å². The summed E-state index contributed by atoms with van der Waals surface area (Å²) in [6.45, 7) is 3.57. The van der Waals surface area contributed by atoms with Crippen LogP contribution in [0.1, 0.15) is 29.1 Å². The number of amides is 1. The zero-order chi connectivity index (χ0) is 21.0. The van der Waals surface area contributed by atoms with E-state index in [1.165, 1.54) is 0 Å². The fraction of sp³-hybridized carbons (Fsp3) is 0.250. The molecule has 0 saturated carbocycles. The van der Waals surface area contributed by atoms with Gasteiger partial charge < -0.3 is 14.4 Å². The standard InChI is InChI=1S/C20H19BrF2NO3PS/c1-3-26-28(27-4-2)20(22,23)18-17(21)15-12-13(10-11-16(15)29-18)19(25)24-14-8-6-5-7-9-14/h5-12H,3-4H2,1-2H3,(H,24,25). The summed E-state index contributed by atoms with van der Waals surface area (Å²) in [7, 11) is -2.42. The fourth-order valence-electron chi connectivity index (χ4n) is 2.64. The maximum atomic E-state index is 15.1. The molecule has 0 fully saturated rings. The van der Waals surface area contributed by atoms with Gasteiger partial charge >= 0.3 is 5.66 Å². The van der Waals surface area contributed by atoms with E-state index in [0.717, 1.165) is 11.3 Å². The van der Waals surface area contributed by atoms with Crippen LogP contribution in [0.2, 0.25) is 0 Å². The number of carbonyl (C=O) groups is 1. The lowest BCUT2D eigenvalue weighted by Gasteiger charge is -2.24. The molecule has 3 rings (SSSR count). The van der Waals surface area contributed by atoms with E-state index in [9.17, 15) is 4.79 Å². The Morgan fingerprint density at radius 1 is 1.14 bits per heavy atom. The summed E-state index contributed by atoms with van der Waals surface area (Å²) in [5.74, 6) is -0.310. The number of nitrogens with one attached hydrogen (secondary N) is 1.